The Morgan fingerprint density at radius 1 is 0.792 bits per heavy atom. The van der Waals surface area contributed by atoms with Crippen LogP contribution in [-0.2, 0) is 9.47 Å². The molecule has 0 aromatic heterocycles. The number of hydrogen-bond acceptors (Lipinski definition) is 3. The van der Waals surface area contributed by atoms with Gasteiger partial charge < -0.3 is 9.47 Å². The zero-order chi connectivity index (χ0) is 17.1. The Kier molecular flexibility index (Phi) is 15.4. The summed E-state index contributed by atoms with van der Waals surface area (Å²) in [5.41, 5.74) is 0. The summed E-state index contributed by atoms with van der Waals surface area (Å²) in [6.07, 6.45) is 20.4. The van der Waals surface area contributed by atoms with Crippen molar-refractivity contribution >= 4 is 0 Å². The Morgan fingerprint density at radius 3 is 1.96 bits per heavy atom. The highest BCUT2D eigenvalue weighted by molar-refractivity contribution is 4.67. The van der Waals surface area contributed by atoms with Crippen molar-refractivity contribution in [1.82, 2.24) is 0 Å². The van der Waals surface area contributed by atoms with Crippen molar-refractivity contribution in [3.05, 3.63) is 0 Å². The van der Waals surface area contributed by atoms with Gasteiger partial charge in [-0.1, -0.05) is 57.8 Å². The topological polar surface area (TPSA) is 42.2 Å². The Balaban J connectivity index is 1.64. The third kappa shape index (κ3) is 13.8. The molecule has 3 heteroatoms. The molecule has 0 N–H and O–H groups in total. The fourth-order valence-electron chi connectivity index (χ4n) is 3.37. The van der Waals surface area contributed by atoms with Gasteiger partial charge in [0.25, 0.3) is 0 Å². The normalized spacial score (nSPS) is 17.2. The van der Waals surface area contributed by atoms with Crippen LogP contribution in [0.25, 0.3) is 0 Å². The van der Waals surface area contributed by atoms with E-state index in [2.05, 4.69) is 6.07 Å². The van der Waals surface area contributed by atoms with Crippen LogP contribution in [0.5, 0.6) is 0 Å². The quantitative estimate of drug-likeness (QED) is 0.298. The summed E-state index contributed by atoms with van der Waals surface area (Å²) >= 11 is 0. The van der Waals surface area contributed by atoms with Gasteiger partial charge in [0.05, 0.1) is 12.2 Å². The molecule has 24 heavy (non-hydrogen) atoms. The summed E-state index contributed by atoms with van der Waals surface area (Å²) < 4.78 is 11.4. The number of unbranched alkanes of at least 4 members (excludes halogenated alkanes) is 11. The number of hydrogen-bond donors (Lipinski definition) is 0. The summed E-state index contributed by atoms with van der Waals surface area (Å²) in [5.74, 6) is 0. The van der Waals surface area contributed by atoms with Crippen LogP contribution in [0, 0.1) is 11.3 Å². The van der Waals surface area contributed by atoms with Crippen molar-refractivity contribution in [2.75, 3.05) is 19.8 Å². The second-order valence-electron chi connectivity index (χ2n) is 7.19. The van der Waals surface area contributed by atoms with Crippen LogP contribution in [0.4, 0.5) is 0 Å². The van der Waals surface area contributed by atoms with Crippen molar-refractivity contribution < 1.29 is 9.47 Å². The zero-order valence-corrected chi connectivity index (χ0v) is 15.8. The second-order valence-corrected chi connectivity index (χ2v) is 7.19. The molecule has 1 aliphatic heterocycles. The summed E-state index contributed by atoms with van der Waals surface area (Å²) in [7, 11) is 0. The van der Waals surface area contributed by atoms with E-state index in [1.54, 1.807) is 0 Å². The highest BCUT2D eigenvalue weighted by Crippen LogP contribution is 2.18. The number of nitriles is 1. The molecule has 140 valence electrons. The fourth-order valence-corrected chi connectivity index (χ4v) is 3.37. The van der Waals surface area contributed by atoms with Crippen molar-refractivity contribution in [3.8, 4) is 6.07 Å². The molecule has 1 saturated heterocycles. The standard InChI is InChI=1S/C21H39NO2/c22-17-11-7-4-2-1-3-5-8-12-18-23-19-13-9-6-10-15-21-16-14-20-24-21/h21H,1-16,18-20H2. The lowest BCUT2D eigenvalue weighted by Gasteiger charge is -2.08. The molecular weight excluding hydrogens is 298 g/mol. The lowest BCUT2D eigenvalue weighted by molar-refractivity contribution is 0.101. The molecule has 0 saturated carbocycles. The Morgan fingerprint density at radius 2 is 1.38 bits per heavy atom. The van der Waals surface area contributed by atoms with Crippen LogP contribution in [0.3, 0.4) is 0 Å². The van der Waals surface area contributed by atoms with Crippen LogP contribution >= 0.6 is 0 Å². The minimum atomic E-state index is 0.568. The maximum Gasteiger partial charge on any atom is 0.0621 e. The van der Waals surface area contributed by atoms with Crippen LogP contribution in [-0.4, -0.2) is 25.9 Å². The van der Waals surface area contributed by atoms with Crippen molar-refractivity contribution in [1.29, 1.82) is 5.26 Å². The van der Waals surface area contributed by atoms with Gasteiger partial charge >= 0.3 is 0 Å². The third-order valence-electron chi connectivity index (χ3n) is 4.92. The first-order valence-electron chi connectivity index (χ1n) is 10.5. The summed E-state index contributed by atoms with van der Waals surface area (Å²) in [5, 5.41) is 8.46. The average Bonchev–Trinajstić information content (AvgIpc) is 3.11. The molecule has 3 nitrogen and oxygen atoms in total. The maximum atomic E-state index is 8.46. The van der Waals surface area contributed by atoms with E-state index in [0.717, 1.165) is 32.7 Å². The molecule has 0 bridgehead atoms. The first-order valence-corrected chi connectivity index (χ1v) is 10.5. The molecule has 0 aliphatic carbocycles. The van der Waals surface area contributed by atoms with E-state index in [9.17, 15) is 0 Å². The maximum absolute atomic E-state index is 8.46. The van der Waals surface area contributed by atoms with Gasteiger partial charge in [0.15, 0.2) is 0 Å². The van der Waals surface area contributed by atoms with Crippen molar-refractivity contribution in [3.63, 3.8) is 0 Å². The van der Waals surface area contributed by atoms with E-state index in [1.165, 1.54) is 89.9 Å². The Labute approximate surface area is 150 Å². The van der Waals surface area contributed by atoms with Gasteiger partial charge in [-0.3, -0.25) is 0 Å². The highest BCUT2D eigenvalue weighted by atomic mass is 16.5. The SMILES string of the molecule is N#CCCCCCCCCCCOCCCCCCC1CCCO1. The molecular formula is C21H39NO2. The summed E-state index contributed by atoms with van der Waals surface area (Å²) in [4.78, 5) is 0. The van der Waals surface area contributed by atoms with Gasteiger partial charge in [-0.05, 0) is 38.5 Å². The van der Waals surface area contributed by atoms with E-state index in [-0.39, 0.29) is 0 Å². The van der Waals surface area contributed by atoms with Crippen LogP contribution < -0.4 is 0 Å². The molecule has 1 heterocycles. The number of nitrogens with zero attached hydrogens (tertiary/aromatic N) is 1. The molecule has 1 aliphatic rings. The van der Waals surface area contributed by atoms with Crippen molar-refractivity contribution in [2.45, 2.75) is 109 Å². The molecule has 0 radical (unpaired) electrons. The van der Waals surface area contributed by atoms with E-state index >= 15 is 0 Å². The monoisotopic (exact) mass is 337 g/mol. The molecule has 1 unspecified atom stereocenters. The molecule has 0 amide bonds. The molecule has 1 atom stereocenters. The van der Waals surface area contributed by atoms with E-state index < -0.39 is 0 Å². The average molecular weight is 338 g/mol. The first kappa shape index (κ1) is 21.5. The van der Waals surface area contributed by atoms with E-state index in [0.29, 0.717) is 6.10 Å². The van der Waals surface area contributed by atoms with Gasteiger partial charge in [0.2, 0.25) is 0 Å². The molecule has 0 aromatic rings. The number of rotatable bonds is 17. The minimum absolute atomic E-state index is 0.568. The Hall–Kier alpha value is -0.590. The minimum Gasteiger partial charge on any atom is -0.381 e. The van der Waals surface area contributed by atoms with Crippen LogP contribution in [0.1, 0.15) is 103 Å². The molecule has 0 aromatic carbocycles. The van der Waals surface area contributed by atoms with Crippen LogP contribution in [0.15, 0.2) is 0 Å². The molecule has 1 fully saturated rings. The van der Waals surface area contributed by atoms with Gasteiger partial charge in [-0.15, -0.1) is 0 Å². The van der Waals surface area contributed by atoms with Gasteiger partial charge in [-0.25, -0.2) is 0 Å². The lowest BCUT2D eigenvalue weighted by Crippen LogP contribution is -2.04. The van der Waals surface area contributed by atoms with Gasteiger partial charge in [0, 0.05) is 26.2 Å². The predicted octanol–water partition coefficient (Wildman–Crippen LogP) is 6.17. The van der Waals surface area contributed by atoms with E-state index in [4.69, 9.17) is 14.7 Å². The largest absolute Gasteiger partial charge is 0.381 e. The van der Waals surface area contributed by atoms with E-state index in [1.807, 2.05) is 0 Å². The van der Waals surface area contributed by atoms with Crippen LogP contribution in [0.2, 0.25) is 0 Å². The smallest absolute Gasteiger partial charge is 0.0621 e. The fraction of sp³-hybridized carbons (Fsp3) is 0.952. The van der Waals surface area contributed by atoms with Crippen molar-refractivity contribution in [2.24, 2.45) is 0 Å². The molecule has 1 rings (SSSR count). The molecule has 0 spiro atoms. The number of ether oxygens (including phenoxy) is 2. The zero-order valence-electron chi connectivity index (χ0n) is 15.8. The van der Waals surface area contributed by atoms with Gasteiger partial charge in [0.1, 0.15) is 0 Å². The highest BCUT2D eigenvalue weighted by Gasteiger charge is 2.14. The third-order valence-corrected chi connectivity index (χ3v) is 4.92. The second kappa shape index (κ2) is 17.2. The Bertz CT molecular complexity index is 295. The summed E-state index contributed by atoms with van der Waals surface area (Å²) in [6.45, 7) is 2.87. The first-order chi connectivity index (χ1) is 11.9. The summed E-state index contributed by atoms with van der Waals surface area (Å²) in [6, 6.07) is 2.21. The lowest BCUT2D eigenvalue weighted by atomic mass is 10.1. The predicted molar refractivity (Wildman–Crippen MR) is 100 cm³/mol. The van der Waals surface area contributed by atoms with Gasteiger partial charge in [-0.2, -0.15) is 5.26 Å².